The van der Waals surface area contributed by atoms with Crippen LogP contribution in [0.15, 0.2) is 134 Å². The van der Waals surface area contributed by atoms with Gasteiger partial charge in [0, 0.05) is 17.3 Å². The Labute approximate surface area is 217 Å². The van der Waals surface area contributed by atoms with E-state index in [2.05, 4.69) is 128 Å². The molecule has 0 aliphatic heterocycles. The molecular formula is C36H25N. The first kappa shape index (κ1) is 21.5. The first-order valence-electron chi connectivity index (χ1n) is 12.7. The molecule has 0 spiro atoms. The summed E-state index contributed by atoms with van der Waals surface area (Å²) in [5.41, 5.74) is 15.8. The van der Waals surface area contributed by atoms with Gasteiger partial charge in [0.25, 0.3) is 0 Å². The van der Waals surface area contributed by atoms with E-state index < -0.39 is 0 Å². The molecule has 1 nitrogen and oxygen atoms in total. The van der Waals surface area contributed by atoms with Crippen LogP contribution in [-0.4, -0.2) is 4.98 Å². The summed E-state index contributed by atoms with van der Waals surface area (Å²) in [5.74, 6) is 0. The summed E-state index contributed by atoms with van der Waals surface area (Å²) in [5, 5.41) is 0. The standard InChI is InChI=1S/C36H25N/c1-24-21-36(37-23-35(24)25-11-3-2-4-12-25)26-19-20-33-31-17-8-7-15-29(31)27-13-5-6-14-28(27)30-16-9-10-18-32(30)34(33)22-26/h2-23H,1H3. The Balaban J connectivity index is 1.45. The minimum Gasteiger partial charge on any atom is -0.256 e. The van der Waals surface area contributed by atoms with Gasteiger partial charge in [0.05, 0.1) is 5.69 Å². The molecule has 6 aromatic rings. The van der Waals surface area contributed by atoms with E-state index in [4.69, 9.17) is 4.98 Å². The molecule has 1 heterocycles. The molecule has 0 unspecified atom stereocenters. The number of pyridine rings is 1. The molecule has 0 atom stereocenters. The molecule has 0 amide bonds. The quantitative estimate of drug-likeness (QED) is 0.244. The molecule has 7 rings (SSSR count). The molecule has 37 heavy (non-hydrogen) atoms. The summed E-state index contributed by atoms with van der Waals surface area (Å²) in [6.45, 7) is 2.17. The molecule has 1 aliphatic carbocycles. The predicted octanol–water partition coefficient (Wildman–Crippen LogP) is 9.71. The van der Waals surface area contributed by atoms with E-state index in [1.807, 2.05) is 12.3 Å². The fourth-order valence-electron chi connectivity index (χ4n) is 5.65. The van der Waals surface area contributed by atoms with Crippen LogP contribution in [0.3, 0.4) is 0 Å². The topological polar surface area (TPSA) is 12.9 Å². The summed E-state index contributed by atoms with van der Waals surface area (Å²) < 4.78 is 0. The predicted molar refractivity (Wildman–Crippen MR) is 155 cm³/mol. The zero-order valence-corrected chi connectivity index (χ0v) is 20.6. The van der Waals surface area contributed by atoms with Gasteiger partial charge in [0.1, 0.15) is 0 Å². The molecule has 1 aliphatic rings. The lowest BCUT2D eigenvalue weighted by atomic mass is 9.80. The van der Waals surface area contributed by atoms with E-state index in [0.717, 1.165) is 11.3 Å². The van der Waals surface area contributed by atoms with Gasteiger partial charge in [-0.15, -0.1) is 0 Å². The highest BCUT2D eigenvalue weighted by Crippen LogP contribution is 2.48. The van der Waals surface area contributed by atoms with E-state index in [1.165, 1.54) is 61.2 Å². The van der Waals surface area contributed by atoms with Crippen molar-refractivity contribution in [1.82, 2.24) is 4.98 Å². The van der Waals surface area contributed by atoms with Crippen molar-refractivity contribution in [3.8, 4) is 66.9 Å². The van der Waals surface area contributed by atoms with Crippen LogP contribution in [0.4, 0.5) is 0 Å². The zero-order chi connectivity index (χ0) is 24.8. The molecule has 174 valence electrons. The number of aryl methyl sites for hydroxylation is 1. The zero-order valence-electron chi connectivity index (χ0n) is 20.6. The normalized spacial score (nSPS) is 11.4. The highest BCUT2D eigenvalue weighted by molar-refractivity contribution is 6.03. The Morgan fingerprint density at radius 2 is 0.838 bits per heavy atom. The summed E-state index contributed by atoms with van der Waals surface area (Å²) in [6.07, 6.45) is 2.01. The minimum absolute atomic E-state index is 0.994. The average molecular weight is 472 g/mol. The molecule has 0 fully saturated rings. The molecule has 0 saturated carbocycles. The second kappa shape index (κ2) is 8.72. The van der Waals surface area contributed by atoms with Gasteiger partial charge in [0.2, 0.25) is 0 Å². The van der Waals surface area contributed by atoms with Crippen LogP contribution in [0.25, 0.3) is 66.9 Å². The van der Waals surface area contributed by atoms with Gasteiger partial charge >= 0.3 is 0 Å². The molecule has 1 aromatic heterocycles. The first-order chi connectivity index (χ1) is 18.3. The van der Waals surface area contributed by atoms with Crippen LogP contribution in [-0.2, 0) is 0 Å². The molecule has 0 N–H and O–H groups in total. The van der Waals surface area contributed by atoms with Crippen molar-refractivity contribution in [2.45, 2.75) is 6.92 Å². The van der Waals surface area contributed by atoms with Crippen molar-refractivity contribution in [3.63, 3.8) is 0 Å². The van der Waals surface area contributed by atoms with Crippen molar-refractivity contribution in [1.29, 1.82) is 0 Å². The Morgan fingerprint density at radius 3 is 1.35 bits per heavy atom. The fraction of sp³-hybridized carbons (Fsp3) is 0.0278. The van der Waals surface area contributed by atoms with Crippen molar-refractivity contribution in [2.24, 2.45) is 0 Å². The van der Waals surface area contributed by atoms with Gasteiger partial charge in [0.15, 0.2) is 0 Å². The number of nitrogens with zero attached hydrogens (tertiary/aromatic N) is 1. The van der Waals surface area contributed by atoms with Crippen molar-refractivity contribution in [3.05, 3.63) is 139 Å². The van der Waals surface area contributed by atoms with Crippen LogP contribution in [0.2, 0.25) is 0 Å². The lowest BCUT2D eigenvalue weighted by Gasteiger charge is -2.23. The Hall–Kier alpha value is -4.75. The maximum absolute atomic E-state index is 4.91. The van der Waals surface area contributed by atoms with E-state index >= 15 is 0 Å². The minimum atomic E-state index is 0.994. The summed E-state index contributed by atoms with van der Waals surface area (Å²) in [6, 6.07) is 45.8. The van der Waals surface area contributed by atoms with Gasteiger partial charge in [-0.3, -0.25) is 4.98 Å². The molecule has 1 heteroatoms. The number of hydrogen-bond acceptors (Lipinski definition) is 1. The van der Waals surface area contributed by atoms with Crippen LogP contribution in [0, 0.1) is 6.92 Å². The van der Waals surface area contributed by atoms with Gasteiger partial charge in [-0.05, 0) is 74.7 Å². The largest absolute Gasteiger partial charge is 0.256 e. The SMILES string of the molecule is Cc1cc(-c2ccc3c(c2)-c2ccccc2-c2ccccc2-c2ccccc2-3)ncc1-c1ccccc1. The number of aromatic nitrogens is 1. The molecular weight excluding hydrogens is 446 g/mol. The lowest BCUT2D eigenvalue weighted by molar-refractivity contribution is 1.29. The van der Waals surface area contributed by atoms with E-state index in [0.29, 0.717) is 0 Å². The number of benzene rings is 5. The van der Waals surface area contributed by atoms with Gasteiger partial charge in [-0.25, -0.2) is 0 Å². The van der Waals surface area contributed by atoms with Crippen molar-refractivity contribution >= 4 is 0 Å². The highest BCUT2D eigenvalue weighted by atomic mass is 14.7. The number of hydrogen-bond donors (Lipinski definition) is 0. The second-order valence-corrected chi connectivity index (χ2v) is 9.65. The molecule has 5 aromatic carbocycles. The monoisotopic (exact) mass is 471 g/mol. The van der Waals surface area contributed by atoms with Crippen molar-refractivity contribution < 1.29 is 0 Å². The van der Waals surface area contributed by atoms with E-state index in [1.54, 1.807) is 0 Å². The van der Waals surface area contributed by atoms with E-state index in [-0.39, 0.29) is 0 Å². The maximum atomic E-state index is 4.91. The summed E-state index contributed by atoms with van der Waals surface area (Å²) >= 11 is 0. The Morgan fingerprint density at radius 1 is 0.378 bits per heavy atom. The Bertz CT molecular complexity index is 1770. The van der Waals surface area contributed by atoms with Crippen LogP contribution in [0.5, 0.6) is 0 Å². The Kier molecular flexibility index (Phi) is 5.08. The smallest absolute Gasteiger partial charge is 0.0705 e. The van der Waals surface area contributed by atoms with Crippen LogP contribution in [0.1, 0.15) is 5.56 Å². The van der Waals surface area contributed by atoms with Gasteiger partial charge < -0.3 is 0 Å². The van der Waals surface area contributed by atoms with Gasteiger partial charge in [-0.1, -0.05) is 115 Å². The third-order valence-corrected chi connectivity index (χ3v) is 7.45. The molecule has 0 bridgehead atoms. The highest BCUT2D eigenvalue weighted by Gasteiger charge is 2.22. The first-order valence-corrected chi connectivity index (χ1v) is 12.7. The summed E-state index contributed by atoms with van der Waals surface area (Å²) in [7, 11) is 0. The van der Waals surface area contributed by atoms with Crippen LogP contribution < -0.4 is 0 Å². The fourth-order valence-corrected chi connectivity index (χ4v) is 5.65. The number of fused-ring (bicyclic) bond motifs is 8. The molecule has 0 saturated heterocycles. The van der Waals surface area contributed by atoms with Crippen molar-refractivity contribution in [2.75, 3.05) is 0 Å². The van der Waals surface area contributed by atoms with Gasteiger partial charge in [-0.2, -0.15) is 0 Å². The second-order valence-electron chi connectivity index (χ2n) is 9.65. The third kappa shape index (κ3) is 3.59. The van der Waals surface area contributed by atoms with Crippen LogP contribution >= 0.6 is 0 Å². The average Bonchev–Trinajstić information content (AvgIpc) is 2.96. The third-order valence-electron chi connectivity index (χ3n) is 7.45. The lowest BCUT2D eigenvalue weighted by Crippen LogP contribution is -1.97. The molecule has 0 radical (unpaired) electrons. The van der Waals surface area contributed by atoms with E-state index in [9.17, 15) is 0 Å². The number of rotatable bonds is 2. The summed E-state index contributed by atoms with van der Waals surface area (Å²) in [4.78, 5) is 4.91. The maximum Gasteiger partial charge on any atom is 0.0705 e.